The highest BCUT2D eigenvalue weighted by Gasteiger charge is 2.24. The second-order valence-electron chi connectivity index (χ2n) is 3.96. The van der Waals surface area contributed by atoms with Crippen molar-refractivity contribution in [2.45, 2.75) is 6.54 Å². The number of nitrogens with one attached hydrogen (secondary N) is 2. The molecule has 0 atom stereocenters. The predicted molar refractivity (Wildman–Crippen MR) is 61.2 cm³/mol. The zero-order chi connectivity index (χ0) is 12.9. The Labute approximate surface area is 99.8 Å². The van der Waals surface area contributed by atoms with Crippen LogP contribution in [0.5, 0.6) is 0 Å². The van der Waals surface area contributed by atoms with Gasteiger partial charge in [0.1, 0.15) is 5.69 Å². The van der Waals surface area contributed by atoms with E-state index in [-0.39, 0.29) is 17.0 Å². The van der Waals surface area contributed by atoms with Crippen molar-refractivity contribution in [2.24, 2.45) is 5.73 Å². The molecule has 0 saturated carbocycles. The van der Waals surface area contributed by atoms with E-state index >= 15 is 0 Å². The lowest BCUT2D eigenvalue weighted by molar-refractivity contribution is 0.0926. The molecule has 1 aliphatic heterocycles. The number of amides is 2. The summed E-state index contributed by atoms with van der Waals surface area (Å²) in [4.78, 5) is 34.6. The van der Waals surface area contributed by atoms with Gasteiger partial charge in [-0.15, -0.1) is 0 Å². The topological polar surface area (TPSA) is 123 Å². The number of fused-ring (bicyclic) bond motifs is 3. The number of hydrogen-bond donors (Lipinski definition) is 3. The first kappa shape index (κ1) is 10.5. The molecule has 3 heterocycles. The van der Waals surface area contributed by atoms with Crippen LogP contribution >= 0.6 is 0 Å². The minimum Gasteiger partial charge on any atom is -0.364 e. The molecule has 0 spiro atoms. The maximum absolute atomic E-state index is 11.7. The summed E-state index contributed by atoms with van der Waals surface area (Å²) < 4.78 is 1.59. The summed E-state index contributed by atoms with van der Waals surface area (Å²) in [5.41, 5.74) is 5.38. The van der Waals surface area contributed by atoms with Crippen molar-refractivity contribution in [3.05, 3.63) is 27.8 Å². The number of primary amides is 1. The van der Waals surface area contributed by atoms with Gasteiger partial charge in [0.05, 0.1) is 10.9 Å². The second-order valence-corrected chi connectivity index (χ2v) is 3.96. The fourth-order valence-corrected chi connectivity index (χ4v) is 2.16. The number of nitrogens with zero attached hydrogens (tertiary/aromatic N) is 2. The summed E-state index contributed by atoms with van der Waals surface area (Å²) >= 11 is 0. The number of carbonyl (C=O) groups is 2. The van der Waals surface area contributed by atoms with Gasteiger partial charge >= 0.3 is 0 Å². The van der Waals surface area contributed by atoms with Crippen LogP contribution in [0.3, 0.4) is 0 Å². The Kier molecular flexibility index (Phi) is 2.00. The first-order chi connectivity index (χ1) is 8.59. The molecule has 3 rings (SSSR count). The van der Waals surface area contributed by atoms with Crippen LogP contribution in [-0.2, 0) is 6.54 Å². The van der Waals surface area contributed by atoms with Gasteiger partial charge in [0.2, 0.25) is 0 Å². The third-order valence-corrected chi connectivity index (χ3v) is 2.92. The van der Waals surface area contributed by atoms with Crippen molar-refractivity contribution in [1.82, 2.24) is 20.1 Å². The summed E-state index contributed by atoms with van der Waals surface area (Å²) in [6, 6.07) is 1.44. The smallest absolute Gasteiger partial charge is 0.273 e. The Morgan fingerprint density at radius 2 is 2.22 bits per heavy atom. The average Bonchev–Trinajstić information content (AvgIpc) is 2.71. The number of aromatic nitrogens is 3. The van der Waals surface area contributed by atoms with Crippen molar-refractivity contribution < 1.29 is 9.59 Å². The third-order valence-electron chi connectivity index (χ3n) is 2.92. The average molecular weight is 247 g/mol. The number of rotatable bonds is 1. The molecule has 2 amide bonds. The van der Waals surface area contributed by atoms with Crippen LogP contribution in [0.15, 0.2) is 10.9 Å². The fraction of sp³-hybridized carbons (Fsp3) is 0.200. The van der Waals surface area contributed by atoms with Crippen LogP contribution < -0.4 is 16.6 Å². The van der Waals surface area contributed by atoms with Gasteiger partial charge in [-0.2, -0.15) is 5.10 Å². The SMILES string of the molecule is NC(=O)c1n[nH]c(=O)c2cc3n(c12)CCNC3=O. The standard InChI is InChI=1S/C10H9N5O3/c11-8(16)6-7-4(9(17)14-13-6)3-5-10(18)12-1-2-15(5)7/h3H,1-2H2,(H2,11,16)(H,12,18)(H,14,17). The number of carbonyl (C=O) groups excluding carboxylic acids is 2. The zero-order valence-corrected chi connectivity index (χ0v) is 9.19. The largest absolute Gasteiger partial charge is 0.364 e. The monoisotopic (exact) mass is 247 g/mol. The van der Waals surface area contributed by atoms with E-state index in [9.17, 15) is 14.4 Å². The molecule has 0 aromatic carbocycles. The minimum atomic E-state index is -0.747. The number of aromatic amines is 1. The van der Waals surface area contributed by atoms with Crippen LogP contribution in [0.1, 0.15) is 21.0 Å². The molecule has 2 aromatic rings. The van der Waals surface area contributed by atoms with E-state index in [0.29, 0.717) is 24.3 Å². The molecule has 0 bridgehead atoms. The molecule has 8 nitrogen and oxygen atoms in total. The normalized spacial score (nSPS) is 14.3. The second kappa shape index (κ2) is 3.42. The predicted octanol–water partition coefficient (Wildman–Crippen LogP) is -1.43. The van der Waals surface area contributed by atoms with Gasteiger partial charge in [-0.3, -0.25) is 14.4 Å². The number of H-pyrrole nitrogens is 1. The molecule has 0 aliphatic carbocycles. The summed E-state index contributed by atoms with van der Waals surface area (Å²) in [6.07, 6.45) is 0. The van der Waals surface area contributed by atoms with E-state index in [4.69, 9.17) is 5.73 Å². The highest BCUT2D eigenvalue weighted by atomic mass is 16.2. The van der Waals surface area contributed by atoms with Crippen LogP contribution in [0.25, 0.3) is 10.9 Å². The molecule has 18 heavy (non-hydrogen) atoms. The van der Waals surface area contributed by atoms with Crippen molar-refractivity contribution in [1.29, 1.82) is 0 Å². The van der Waals surface area contributed by atoms with Crippen molar-refractivity contribution >= 4 is 22.7 Å². The van der Waals surface area contributed by atoms with E-state index in [0.717, 1.165) is 0 Å². The summed E-state index contributed by atoms with van der Waals surface area (Å²) in [7, 11) is 0. The first-order valence-electron chi connectivity index (χ1n) is 5.29. The summed E-state index contributed by atoms with van der Waals surface area (Å²) in [5, 5.41) is 8.74. The van der Waals surface area contributed by atoms with Gasteiger partial charge in [0.15, 0.2) is 5.69 Å². The van der Waals surface area contributed by atoms with Gasteiger partial charge in [0.25, 0.3) is 17.4 Å². The molecular formula is C10H9N5O3. The van der Waals surface area contributed by atoms with Gasteiger partial charge < -0.3 is 15.6 Å². The van der Waals surface area contributed by atoms with Crippen LogP contribution in [0, 0.1) is 0 Å². The molecule has 8 heteroatoms. The molecule has 0 fully saturated rings. The summed E-state index contributed by atoms with van der Waals surface area (Å²) in [6.45, 7) is 0.899. The van der Waals surface area contributed by atoms with Crippen LogP contribution in [0.4, 0.5) is 0 Å². The lowest BCUT2D eigenvalue weighted by Gasteiger charge is -2.16. The Hall–Kier alpha value is -2.64. The molecular weight excluding hydrogens is 238 g/mol. The van der Waals surface area contributed by atoms with Crippen molar-refractivity contribution in [3.63, 3.8) is 0 Å². The molecule has 1 aliphatic rings. The lowest BCUT2D eigenvalue weighted by atomic mass is 10.2. The van der Waals surface area contributed by atoms with E-state index in [2.05, 4.69) is 15.5 Å². The molecule has 92 valence electrons. The zero-order valence-electron chi connectivity index (χ0n) is 9.19. The van der Waals surface area contributed by atoms with Crippen molar-refractivity contribution in [2.75, 3.05) is 6.54 Å². The maximum Gasteiger partial charge on any atom is 0.273 e. The molecule has 0 saturated heterocycles. The van der Waals surface area contributed by atoms with Gasteiger partial charge in [-0.1, -0.05) is 0 Å². The van der Waals surface area contributed by atoms with Crippen molar-refractivity contribution in [3.8, 4) is 0 Å². The van der Waals surface area contributed by atoms with E-state index in [1.54, 1.807) is 4.57 Å². The quantitative estimate of drug-likeness (QED) is 0.571. The maximum atomic E-state index is 11.7. The third kappa shape index (κ3) is 1.25. The van der Waals surface area contributed by atoms with Gasteiger partial charge in [-0.25, -0.2) is 5.10 Å². The molecule has 4 N–H and O–H groups in total. The highest BCUT2D eigenvalue weighted by molar-refractivity contribution is 6.06. The van der Waals surface area contributed by atoms with E-state index in [1.807, 2.05) is 0 Å². The Bertz CT molecular complexity index is 742. The summed E-state index contributed by atoms with van der Waals surface area (Å²) in [5.74, 6) is -1.03. The van der Waals surface area contributed by atoms with Crippen LogP contribution in [0.2, 0.25) is 0 Å². The van der Waals surface area contributed by atoms with Crippen LogP contribution in [-0.4, -0.2) is 33.1 Å². The Morgan fingerprint density at radius 3 is 2.94 bits per heavy atom. The highest BCUT2D eigenvalue weighted by Crippen LogP contribution is 2.20. The van der Waals surface area contributed by atoms with Gasteiger partial charge in [-0.05, 0) is 6.07 Å². The lowest BCUT2D eigenvalue weighted by Crippen LogP contribution is -2.35. The first-order valence-corrected chi connectivity index (χ1v) is 5.29. The van der Waals surface area contributed by atoms with E-state index in [1.165, 1.54) is 6.07 Å². The minimum absolute atomic E-state index is 0.0365. The van der Waals surface area contributed by atoms with E-state index < -0.39 is 11.5 Å². The number of nitrogens with two attached hydrogens (primary N) is 1. The number of hydrogen-bond acceptors (Lipinski definition) is 4. The van der Waals surface area contributed by atoms with Gasteiger partial charge in [0, 0.05) is 13.1 Å². The Balaban J connectivity index is 2.48. The molecule has 0 radical (unpaired) electrons. The fourth-order valence-electron chi connectivity index (χ4n) is 2.16. The molecule has 2 aromatic heterocycles. The molecule has 0 unspecified atom stereocenters. The Morgan fingerprint density at radius 1 is 1.44 bits per heavy atom.